The van der Waals surface area contributed by atoms with Crippen LogP contribution in [0.4, 0.5) is 14.5 Å². The predicted molar refractivity (Wildman–Crippen MR) is 99.9 cm³/mol. The lowest BCUT2D eigenvalue weighted by Gasteiger charge is -2.15. The third kappa shape index (κ3) is 6.46. The topological polar surface area (TPSA) is 62.6 Å². The van der Waals surface area contributed by atoms with Gasteiger partial charge < -0.3 is 15.5 Å². The van der Waals surface area contributed by atoms with Gasteiger partial charge in [-0.2, -0.15) is 0 Å². The quantitative estimate of drug-likeness (QED) is 0.646. The second-order valence-corrected chi connectivity index (χ2v) is 6.76. The molecule has 0 heterocycles. The first-order valence-corrected chi connectivity index (χ1v) is 8.77. The van der Waals surface area contributed by atoms with E-state index >= 15 is 0 Å². The van der Waals surface area contributed by atoms with Crippen LogP contribution < -0.4 is 15.5 Å². The Balaban J connectivity index is 1.78. The van der Waals surface area contributed by atoms with Crippen molar-refractivity contribution in [2.75, 3.05) is 25.5 Å². The van der Waals surface area contributed by atoms with Gasteiger partial charge in [-0.3, -0.25) is 9.59 Å². The molecular weight excluding hydrogens is 399 g/mol. The average Bonchev–Trinajstić information content (AvgIpc) is 2.60. The predicted octanol–water partition coefficient (Wildman–Crippen LogP) is 2.04. The smallest absolute Gasteiger partial charge is 0.275 e. The first kappa shape index (κ1) is 21.1. The van der Waals surface area contributed by atoms with E-state index in [0.29, 0.717) is 16.6 Å². The van der Waals surface area contributed by atoms with Crippen molar-refractivity contribution >= 4 is 40.7 Å². The van der Waals surface area contributed by atoms with Gasteiger partial charge in [0.05, 0.1) is 23.6 Å². The molecule has 0 fully saturated rings. The summed E-state index contributed by atoms with van der Waals surface area (Å²) < 4.78 is 26.0. The van der Waals surface area contributed by atoms with Gasteiger partial charge in [0.2, 0.25) is 5.91 Å². The molecule has 1 atom stereocenters. The summed E-state index contributed by atoms with van der Waals surface area (Å²) in [6, 6.07) is 8.28. The maximum atomic E-state index is 13.1. The lowest BCUT2D eigenvalue weighted by Crippen LogP contribution is -3.08. The minimum absolute atomic E-state index is 0.103. The lowest BCUT2D eigenvalue weighted by molar-refractivity contribution is -0.885. The lowest BCUT2D eigenvalue weighted by atomic mass is 10.2. The number of carbonyl (C=O) groups is 2. The normalized spacial score (nSPS) is 11.7. The molecule has 0 saturated heterocycles. The van der Waals surface area contributed by atoms with Crippen LogP contribution in [-0.2, 0) is 16.1 Å². The number of carbonyl (C=O) groups excluding carboxylic acids is 2. The Kier molecular flexibility index (Phi) is 7.53. The molecule has 5 nitrogen and oxygen atoms in total. The maximum absolute atomic E-state index is 13.1. The van der Waals surface area contributed by atoms with E-state index in [1.54, 1.807) is 19.2 Å². The molecule has 2 aromatic rings. The van der Waals surface area contributed by atoms with Gasteiger partial charge >= 0.3 is 0 Å². The molecule has 3 N–H and O–H groups in total. The Labute approximate surface area is 165 Å². The summed E-state index contributed by atoms with van der Waals surface area (Å²) in [6.45, 7) is 0.304. The van der Waals surface area contributed by atoms with Gasteiger partial charge in [-0.25, -0.2) is 8.78 Å². The highest BCUT2D eigenvalue weighted by Crippen LogP contribution is 2.24. The molecule has 0 aromatic heterocycles. The van der Waals surface area contributed by atoms with Crippen molar-refractivity contribution in [2.24, 2.45) is 0 Å². The van der Waals surface area contributed by atoms with E-state index in [0.717, 1.165) is 22.6 Å². The third-order valence-corrected chi connectivity index (χ3v) is 4.49. The van der Waals surface area contributed by atoms with Crippen molar-refractivity contribution in [1.82, 2.24) is 5.32 Å². The van der Waals surface area contributed by atoms with Crippen LogP contribution in [0.5, 0.6) is 0 Å². The zero-order valence-corrected chi connectivity index (χ0v) is 15.9. The summed E-state index contributed by atoms with van der Waals surface area (Å²) in [7, 11) is 1.80. The molecule has 0 aliphatic heterocycles. The van der Waals surface area contributed by atoms with Crippen molar-refractivity contribution in [1.29, 1.82) is 0 Å². The zero-order chi connectivity index (χ0) is 20.0. The van der Waals surface area contributed by atoms with E-state index in [9.17, 15) is 18.4 Å². The van der Waals surface area contributed by atoms with E-state index in [1.165, 1.54) is 6.07 Å². The highest BCUT2D eigenvalue weighted by Gasteiger charge is 2.14. The molecule has 0 aliphatic carbocycles. The maximum Gasteiger partial charge on any atom is 0.275 e. The van der Waals surface area contributed by atoms with Crippen molar-refractivity contribution in [3.05, 3.63) is 63.6 Å². The van der Waals surface area contributed by atoms with Crippen molar-refractivity contribution in [3.63, 3.8) is 0 Å². The zero-order valence-electron chi connectivity index (χ0n) is 14.4. The van der Waals surface area contributed by atoms with Crippen LogP contribution in [0.1, 0.15) is 5.56 Å². The molecule has 2 aromatic carbocycles. The van der Waals surface area contributed by atoms with Crippen LogP contribution in [0, 0.1) is 11.6 Å². The monoisotopic (exact) mass is 416 g/mol. The summed E-state index contributed by atoms with van der Waals surface area (Å²) in [5, 5.41) is 5.74. The van der Waals surface area contributed by atoms with Crippen molar-refractivity contribution in [2.45, 2.75) is 6.54 Å². The van der Waals surface area contributed by atoms with Crippen LogP contribution >= 0.6 is 23.2 Å². The SMILES string of the molecule is C[NH+](CC(=O)NCC(=O)Nc1ccc(F)c(F)c1)Cc1cccc(Cl)c1Cl. The average molecular weight is 417 g/mol. The van der Waals surface area contributed by atoms with Crippen LogP contribution in [0.25, 0.3) is 0 Å². The fourth-order valence-electron chi connectivity index (χ4n) is 2.37. The number of hydrogen-bond donors (Lipinski definition) is 3. The number of anilines is 1. The number of halogens is 4. The molecule has 1 unspecified atom stereocenters. The number of hydrogen-bond acceptors (Lipinski definition) is 2. The Morgan fingerprint density at radius 1 is 1.07 bits per heavy atom. The molecule has 144 valence electrons. The molecule has 0 radical (unpaired) electrons. The summed E-state index contributed by atoms with van der Waals surface area (Å²) in [5.74, 6) is -2.97. The second-order valence-electron chi connectivity index (χ2n) is 5.98. The second kappa shape index (κ2) is 9.64. The van der Waals surface area contributed by atoms with Gasteiger partial charge in [-0.05, 0) is 18.2 Å². The number of quaternary nitrogens is 1. The third-order valence-electron chi connectivity index (χ3n) is 3.64. The molecule has 9 heteroatoms. The molecule has 2 amide bonds. The number of nitrogens with one attached hydrogen (secondary N) is 3. The van der Waals surface area contributed by atoms with E-state index < -0.39 is 17.5 Å². The number of rotatable bonds is 7. The highest BCUT2D eigenvalue weighted by molar-refractivity contribution is 6.42. The summed E-state index contributed by atoms with van der Waals surface area (Å²) in [6.07, 6.45) is 0. The fourth-order valence-corrected chi connectivity index (χ4v) is 2.75. The standard InChI is InChI=1S/C18H17Cl2F2N3O2/c1-25(9-11-3-2-4-13(19)18(11)20)10-17(27)23-8-16(26)24-12-5-6-14(21)15(22)7-12/h2-7H,8-10H2,1H3,(H,23,27)(H,24,26)/p+1. The molecular formula is C18H18Cl2F2N3O2+. The van der Waals surface area contributed by atoms with Crippen LogP contribution in [0.3, 0.4) is 0 Å². The number of amides is 2. The van der Waals surface area contributed by atoms with Crippen molar-refractivity contribution in [3.8, 4) is 0 Å². The largest absolute Gasteiger partial charge is 0.342 e. The van der Waals surface area contributed by atoms with Gasteiger partial charge in [0.1, 0.15) is 6.54 Å². The minimum atomic E-state index is -1.07. The van der Waals surface area contributed by atoms with E-state index in [1.807, 2.05) is 6.07 Å². The van der Waals surface area contributed by atoms with E-state index in [4.69, 9.17) is 23.2 Å². The van der Waals surface area contributed by atoms with Gasteiger partial charge in [-0.1, -0.05) is 35.3 Å². The Bertz CT molecular complexity index is 849. The number of likely N-dealkylation sites (N-methyl/N-ethyl adjacent to an activating group) is 1. The first-order valence-electron chi connectivity index (χ1n) is 8.02. The Morgan fingerprint density at radius 3 is 2.52 bits per heavy atom. The minimum Gasteiger partial charge on any atom is -0.342 e. The van der Waals surface area contributed by atoms with Gasteiger partial charge in [0.25, 0.3) is 5.91 Å². The molecule has 0 bridgehead atoms. The molecule has 0 aliphatic rings. The first-order chi connectivity index (χ1) is 12.8. The van der Waals surface area contributed by atoms with Gasteiger partial charge in [0.15, 0.2) is 18.2 Å². The molecule has 27 heavy (non-hydrogen) atoms. The summed E-state index contributed by atoms with van der Waals surface area (Å²) in [5.41, 5.74) is 0.914. The molecule has 0 spiro atoms. The Morgan fingerprint density at radius 2 is 1.81 bits per heavy atom. The molecule has 0 saturated carbocycles. The fraction of sp³-hybridized carbons (Fsp3) is 0.222. The van der Waals surface area contributed by atoms with Crippen LogP contribution in [-0.4, -0.2) is 32.0 Å². The van der Waals surface area contributed by atoms with Crippen molar-refractivity contribution < 1.29 is 23.3 Å². The van der Waals surface area contributed by atoms with E-state index in [2.05, 4.69) is 10.6 Å². The summed E-state index contributed by atoms with van der Waals surface area (Å²) in [4.78, 5) is 24.6. The summed E-state index contributed by atoms with van der Waals surface area (Å²) >= 11 is 12.1. The van der Waals surface area contributed by atoms with Gasteiger partial charge in [-0.15, -0.1) is 0 Å². The van der Waals surface area contributed by atoms with E-state index in [-0.39, 0.29) is 24.7 Å². The van der Waals surface area contributed by atoms with Crippen LogP contribution in [0.2, 0.25) is 10.0 Å². The number of benzene rings is 2. The Hall–Kier alpha value is -2.22. The van der Waals surface area contributed by atoms with Crippen LogP contribution in [0.15, 0.2) is 36.4 Å². The highest BCUT2D eigenvalue weighted by atomic mass is 35.5. The molecule has 2 rings (SSSR count). The van der Waals surface area contributed by atoms with Gasteiger partial charge in [0, 0.05) is 17.3 Å².